The van der Waals surface area contributed by atoms with Crippen LogP contribution in [0.3, 0.4) is 0 Å². The Morgan fingerprint density at radius 1 is 1.15 bits per heavy atom. The molecular formula is C18H17NO6S. The summed E-state index contributed by atoms with van der Waals surface area (Å²) in [5.74, 6) is -2.26. The number of ether oxygens (including phenoxy) is 2. The zero-order valence-corrected chi connectivity index (χ0v) is 15.2. The quantitative estimate of drug-likeness (QED) is 0.820. The van der Waals surface area contributed by atoms with Crippen LogP contribution >= 0.6 is 0 Å². The first-order valence-corrected chi connectivity index (χ1v) is 9.63. The Hall–Kier alpha value is -2.87. The maximum Gasteiger partial charge on any atom is 0.308 e. The Balaban J connectivity index is 2.07. The van der Waals surface area contributed by atoms with E-state index in [1.807, 2.05) is 30.3 Å². The van der Waals surface area contributed by atoms with Crippen LogP contribution in [0.2, 0.25) is 0 Å². The van der Waals surface area contributed by atoms with Gasteiger partial charge < -0.3 is 9.47 Å². The summed E-state index contributed by atoms with van der Waals surface area (Å²) < 4.78 is 35.8. The molecule has 1 aliphatic heterocycles. The van der Waals surface area contributed by atoms with Crippen LogP contribution in [0, 0.1) is 0 Å². The number of esters is 1. The molecule has 0 radical (unpaired) electrons. The van der Waals surface area contributed by atoms with E-state index in [0.717, 1.165) is 24.0 Å². The highest BCUT2D eigenvalue weighted by Gasteiger charge is 2.50. The van der Waals surface area contributed by atoms with Crippen molar-refractivity contribution in [1.82, 2.24) is 4.72 Å². The van der Waals surface area contributed by atoms with Gasteiger partial charge in [-0.1, -0.05) is 36.4 Å². The van der Waals surface area contributed by atoms with Crippen molar-refractivity contribution in [2.45, 2.75) is 19.4 Å². The molecule has 2 aromatic rings. The molecular weight excluding hydrogens is 358 g/mol. The van der Waals surface area contributed by atoms with Gasteiger partial charge in [-0.25, -0.2) is 8.42 Å². The number of sulfonamides is 1. The third-order valence-electron chi connectivity index (χ3n) is 3.98. The molecule has 26 heavy (non-hydrogen) atoms. The van der Waals surface area contributed by atoms with Gasteiger partial charge in [0, 0.05) is 12.5 Å². The molecule has 1 heterocycles. The fourth-order valence-electron chi connectivity index (χ4n) is 2.76. The second kappa shape index (κ2) is 6.14. The van der Waals surface area contributed by atoms with Crippen molar-refractivity contribution >= 4 is 32.5 Å². The average molecular weight is 375 g/mol. The van der Waals surface area contributed by atoms with E-state index < -0.39 is 39.0 Å². The van der Waals surface area contributed by atoms with Crippen LogP contribution < -0.4 is 4.72 Å². The smallest absolute Gasteiger partial charge is 0.308 e. The molecule has 2 aromatic carbocycles. The highest BCUT2D eigenvalue weighted by molar-refractivity contribution is 7.88. The van der Waals surface area contributed by atoms with Crippen molar-refractivity contribution in [1.29, 1.82) is 0 Å². The molecule has 3 rings (SSSR count). The molecule has 0 spiro atoms. The van der Waals surface area contributed by atoms with E-state index in [-0.39, 0.29) is 0 Å². The summed E-state index contributed by atoms with van der Waals surface area (Å²) in [7, 11) is -3.74. The molecule has 0 amide bonds. The second-order valence-electron chi connectivity index (χ2n) is 6.15. The first-order valence-electron chi connectivity index (χ1n) is 7.74. The number of carbonyl (C=O) groups excluding carboxylic acids is 2. The maximum atomic E-state index is 12.9. The molecule has 0 saturated heterocycles. The Labute approximate surface area is 150 Å². The molecule has 0 bridgehead atoms. The minimum atomic E-state index is -3.74. The van der Waals surface area contributed by atoms with Crippen LogP contribution in [0.5, 0.6) is 0 Å². The number of ketones is 1. The van der Waals surface area contributed by atoms with E-state index >= 15 is 0 Å². The molecule has 0 aromatic heterocycles. The molecule has 1 atom stereocenters. The van der Waals surface area contributed by atoms with Gasteiger partial charge in [0.05, 0.1) is 6.26 Å². The lowest BCUT2D eigenvalue weighted by Crippen LogP contribution is -2.32. The van der Waals surface area contributed by atoms with Crippen molar-refractivity contribution in [3.8, 4) is 0 Å². The van der Waals surface area contributed by atoms with Crippen LogP contribution in [0.15, 0.2) is 54.1 Å². The van der Waals surface area contributed by atoms with Crippen LogP contribution in [-0.4, -0.2) is 26.4 Å². The van der Waals surface area contributed by atoms with Crippen molar-refractivity contribution < 1.29 is 27.5 Å². The summed E-state index contributed by atoms with van der Waals surface area (Å²) in [6, 6.07) is 12.9. The molecule has 7 nitrogen and oxygen atoms in total. The summed E-state index contributed by atoms with van der Waals surface area (Å²) >= 11 is 0. The number of rotatable bonds is 4. The molecule has 1 aliphatic rings. The first-order chi connectivity index (χ1) is 12.1. The topological polar surface area (TPSA) is 98.8 Å². The lowest BCUT2D eigenvalue weighted by atomic mass is 9.90. The van der Waals surface area contributed by atoms with Gasteiger partial charge in [0.25, 0.3) is 5.78 Å². The van der Waals surface area contributed by atoms with E-state index in [2.05, 4.69) is 4.72 Å². The van der Waals surface area contributed by atoms with Crippen molar-refractivity contribution in [2.75, 3.05) is 6.26 Å². The van der Waals surface area contributed by atoms with E-state index in [9.17, 15) is 18.0 Å². The van der Waals surface area contributed by atoms with Crippen LogP contribution in [0.1, 0.15) is 19.4 Å². The number of fused-ring (bicyclic) bond motifs is 1. The molecule has 0 fully saturated rings. The second-order valence-corrected chi connectivity index (χ2v) is 7.90. The van der Waals surface area contributed by atoms with E-state index in [1.165, 1.54) is 6.92 Å². The summed E-state index contributed by atoms with van der Waals surface area (Å²) in [5.41, 5.74) is -1.02. The molecule has 8 heteroatoms. The Kier molecular flexibility index (Phi) is 4.23. The van der Waals surface area contributed by atoms with Gasteiger partial charge in [-0.15, -0.1) is 0 Å². The van der Waals surface area contributed by atoms with Gasteiger partial charge >= 0.3 is 5.97 Å². The maximum absolute atomic E-state index is 12.9. The van der Waals surface area contributed by atoms with E-state index in [1.54, 1.807) is 12.1 Å². The molecule has 0 saturated carbocycles. The summed E-state index contributed by atoms with van der Waals surface area (Å²) in [4.78, 5) is 24.2. The lowest BCUT2D eigenvalue weighted by Gasteiger charge is -2.24. The number of benzene rings is 2. The largest absolute Gasteiger partial charge is 0.456 e. The summed E-state index contributed by atoms with van der Waals surface area (Å²) in [6.07, 6.45) is 0.908. The molecule has 0 aliphatic carbocycles. The lowest BCUT2D eigenvalue weighted by molar-refractivity contribution is -0.142. The van der Waals surface area contributed by atoms with Crippen molar-refractivity contribution in [2.24, 2.45) is 0 Å². The monoisotopic (exact) mass is 375 g/mol. The van der Waals surface area contributed by atoms with E-state index in [4.69, 9.17) is 9.47 Å². The fraction of sp³-hybridized carbons (Fsp3) is 0.222. The van der Waals surface area contributed by atoms with Crippen LogP contribution in [0.4, 0.5) is 0 Å². The van der Waals surface area contributed by atoms with Gasteiger partial charge in [0.15, 0.2) is 5.60 Å². The highest BCUT2D eigenvalue weighted by atomic mass is 32.2. The molecule has 136 valence electrons. The van der Waals surface area contributed by atoms with Crippen LogP contribution in [0.25, 0.3) is 10.8 Å². The minimum Gasteiger partial charge on any atom is -0.456 e. The van der Waals surface area contributed by atoms with Gasteiger partial charge in [-0.2, -0.15) is 0 Å². The average Bonchev–Trinajstić information content (AvgIpc) is 2.78. The van der Waals surface area contributed by atoms with Gasteiger partial charge in [-0.3, -0.25) is 14.3 Å². The van der Waals surface area contributed by atoms with Crippen LogP contribution in [-0.2, 0) is 34.7 Å². The van der Waals surface area contributed by atoms with Gasteiger partial charge in [-0.05, 0) is 23.8 Å². The number of hydrogen-bond acceptors (Lipinski definition) is 6. The number of hydrogen-bond donors (Lipinski definition) is 1. The fourth-order valence-corrected chi connectivity index (χ4v) is 3.24. The Morgan fingerprint density at radius 3 is 2.42 bits per heavy atom. The highest BCUT2D eigenvalue weighted by Crippen LogP contribution is 2.39. The third kappa shape index (κ3) is 3.28. The minimum absolute atomic E-state index is 0.400. The number of nitrogens with one attached hydrogen (secondary N) is 1. The SMILES string of the molecule is CC(=O)OC1=C(NS(C)(=O)=O)OC(C)(c2ccc3ccccc3c2)C1=O. The van der Waals surface area contributed by atoms with Crippen molar-refractivity contribution in [3.05, 3.63) is 59.7 Å². The van der Waals surface area contributed by atoms with Gasteiger partial charge in [0.1, 0.15) is 0 Å². The predicted molar refractivity (Wildman–Crippen MR) is 94.2 cm³/mol. The molecule has 1 unspecified atom stereocenters. The standard InChI is InChI=1S/C18H17NO6S/c1-11(20)24-15-16(21)18(2,25-17(15)19-26(3,22)23)14-9-8-12-6-4-5-7-13(12)10-14/h4-10,19H,1-3H3. The summed E-state index contributed by atoms with van der Waals surface area (Å²) in [6.45, 7) is 2.62. The zero-order chi connectivity index (χ0) is 19.1. The first kappa shape index (κ1) is 17.9. The number of Topliss-reactive ketones (excluding diaryl/α,β-unsaturated/α-hetero) is 1. The molecule has 1 N–H and O–H groups in total. The predicted octanol–water partition coefficient (Wildman–Crippen LogP) is 1.94. The zero-order valence-electron chi connectivity index (χ0n) is 14.4. The summed E-state index contributed by atoms with van der Waals surface area (Å²) in [5, 5.41) is 1.87. The number of carbonyl (C=O) groups is 2. The van der Waals surface area contributed by atoms with Crippen molar-refractivity contribution in [3.63, 3.8) is 0 Å². The van der Waals surface area contributed by atoms with Gasteiger partial charge in [0.2, 0.25) is 21.7 Å². The van der Waals surface area contributed by atoms with E-state index in [0.29, 0.717) is 5.56 Å². The third-order valence-corrected chi connectivity index (χ3v) is 4.53. The Bertz CT molecular complexity index is 1060. The normalized spacial score (nSPS) is 20.2. The Morgan fingerprint density at radius 2 is 1.81 bits per heavy atom.